The molecule has 0 spiro atoms. The Morgan fingerprint density at radius 3 is 2.57 bits per heavy atom. The molecule has 1 aliphatic rings. The molecule has 2 N–H and O–H groups in total. The fourth-order valence-corrected chi connectivity index (χ4v) is 2.00. The van der Waals surface area contributed by atoms with Gasteiger partial charge in [-0.2, -0.15) is 4.98 Å². The molecule has 1 heterocycles. The van der Waals surface area contributed by atoms with Gasteiger partial charge in [0.25, 0.3) is 0 Å². The molecule has 0 aromatic carbocycles. The zero-order valence-corrected chi connectivity index (χ0v) is 8.79. The monoisotopic (exact) mass is 195 g/mol. The normalized spacial score (nSPS) is 33.2. The first-order valence-corrected chi connectivity index (χ1v) is 5.16. The third-order valence-corrected chi connectivity index (χ3v) is 3.02. The topological polar surface area (TPSA) is 64.9 Å². The molecule has 14 heavy (non-hydrogen) atoms. The summed E-state index contributed by atoms with van der Waals surface area (Å²) in [7, 11) is 0. The van der Waals surface area contributed by atoms with E-state index in [-0.39, 0.29) is 5.54 Å². The zero-order valence-electron chi connectivity index (χ0n) is 8.79. The highest BCUT2D eigenvalue weighted by Gasteiger charge is 2.30. The summed E-state index contributed by atoms with van der Waals surface area (Å²) in [5.41, 5.74) is 6.06. The molecule has 0 saturated heterocycles. The molecule has 0 aliphatic heterocycles. The van der Waals surface area contributed by atoms with E-state index in [4.69, 9.17) is 10.3 Å². The van der Waals surface area contributed by atoms with Gasteiger partial charge in [-0.25, -0.2) is 0 Å². The van der Waals surface area contributed by atoms with Gasteiger partial charge in [0.1, 0.15) is 0 Å². The van der Waals surface area contributed by atoms with Crippen molar-refractivity contribution in [1.82, 2.24) is 10.1 Å². The molecule has 4 heteroatoms. The van der Waals surface area contributed by atoms with Crippen molar-refractivity contribution < 1.29 is 4.52 Å². The number of aromatic nitrogens is 2. The van der Waals surface area contributed by atoms with Crippen LogP contribution in [0, 0.1) is 6.92 Å². The fourth-order valence-electron chi connectivity index (χ4n) is 2.00. The van der Waals surface area contributed by atoms with Gasteiger partial charge in [-0.05, 0) is 39.5 Å². The van der Waals surface area contributed by atoms with Gasteiger partial charge >= 0.3 is 0 Å². The second-order valence-corrected chi connectivity index (χ2v) is 4.61. The second kappa shape index (κ2) is 3.35. The SMILES string of the molecule is Cc1noc(C2CCC(C)(N)CC2)n1. The van der Waals surface area contributed by atoms with Crippen molar-refractivity contribution in [2.75, 3.05) is 0 Å². The van der Waals surface area contributed by atoms with E-state index >= 15 is 0 Å². The molecule has 1 saturated carbocycles. The molecule has 1 aliphatic carbocycles. The van der Waals surface area contributed by atoms with Gasteiger partial charge in [0, 0.05) is 11.5 Å². The van der Waals surface area contributed by atoms with Gasteiger partial charge in [0.15, 0.2) is 5.82 Å². The van der Waals surface area contributed by atoms with E-state index in [1.54, 1.807) is 0 Å². The van der Waals surface area contributed by atoms with E-state index in [2.05, 4.69) is 17.1 Å². The Balaban J connectivity index is 2.02. The van der Waals surface area contributed by atoms with E-state index < -0.39 is 0 Å². The average molecular weight is 195 g/mol. The molecule has 0 bridgehead atoms. The maximum Gasteiger partial charge on any atom is 0.229 e. The first-order chi connectivity index (χ1) is 6.57. The van der Waals surface area contributed by atoms with Gasteiger partial charge in [0.05, 0.1) is 0 Å². The predicted molar refractivity (Wildman–Crippen MR) is 52.8 cm³/mol. The van der Waals surface area contributed by atoms with E-state index in [1.165, 1.54) is 0 Å². The summed E-state index contributed by atoms with van der Waals surface area (Å²) < 4.78 is 5.17. The van der Waals surface area contributed by atoms with E-state index in [9.17, 15) is 0 Å². The summed E-state index contributed by atoms with van der Waals surface area (Å²) in [6, 6.07) is 0. The maximum atomic E-state index is 6.06. The summed E-state index contributed by atoms with van der Waals surface area (Å²) in [5, 5.41) is 3.81. The van der Waals surface area contributed by atoms with Crippen LogP contribution in [-0.2, 0) is 0 Å². The lowest BCUT2D eigenvalue weighted by molar-refractivity contribution is 0.253. The van der Waals surface area contributed by atoms with Crippen LogP contribution in [0.25, 0.3) is 0 Å². The Hall–Kier alpha value is -0.900. The maximum absolute atomic E-state index is 6.06. The smallest absolute Gasteiger partial charge is 0.229 e. The fraction of sp³-hybridized carbons (Fsp3) is 0.800. The lowest BCUT2D eigenvalue weighted by atomic mass is 9.78. The summed E-state index contributed by atoms with van der Waals surface area (Å²) in [6.45, 7) is 3.96. The number of hydrogen-bond donors (Lipinski definition) is 1. The zero-order chi connectivity index (χ0) is 10.2. The minimum absolute atomic E-state index is 0.00552. The van der Waals surface area contributed by atoms with Crippen LogP contribution in [0.15, 0.2) is 4.52 Å². The lowest BCUT2D eigenvalue weighted by Gasteiger charge is -2.32. The predicted octanol–water partition coefficient (Wildman–Crippen LogP) is 1.75. The number of rotatable bonds is 1. The Morgan fingerprint density at radius 2 is 2.07 bits per heavy atom. The third kappa shape index (κ3) is 1.95. The van der Waals surface area contributed by atoms with Gasteiger partial charge in [-0.3, -0.25) is 0 Å². The molecule has 0 atom stereocenters. The van der Waals surface area contributed by atoms with Gasteiger partial charge < -0.3 is 10.3 Å². The van der Waals surface area contributed by atoms with Crippen molar-refractivity contribution in [3.05, 3.63) is 11.7 Å². The van der Waals surface area contributed by atoms with Crippen molar-refractivity contribution in [2.45, 2.75) is 51.0 Å². The van der Waals surface area contributed by atoms with Crippen molar-refractivity contribution in [2.24, 2.45) is 5.73 Å². The summed E-state index contributed by atoms with van der Waals surface area (Å²) in [5.74, 6) is 1.94. The number of aryl methyl sites for hydroxylation is 1. The van der Waals surface area contributed by atoms with Crippen molar-refractivity contribution in [1.29, 1.82) is 0 Å². The molecule has 2 rings (SSSR count). The Labute approximate surface area is 83.9 Å². The van der Waals surface area contributed by atoms with Crippen LogP contribution in [0.4, 0.5) is 0 Å². The van der Waals surface area contributed by atoms with Crippen LogP contribution in [0.5, 0.6) is 0 Å². The first-order valence-electron chi connectivity index (χ1n) is 5.16. The minimum atomic E-state index is 0.00552. The quantitative estimate of drug-likeness (QED) is 0.741. The lowest BCUT2D eigenvalue weighted by Crippen LogP contribution is -2.39. The largest absolute Gasteiger partial charge is 0.339 e. The standard InChI is InChI=1S/C10H17N3O/c1-7-12-9(14-13-7)8-3-5-10(2,11)6-4-8/h8H,3-6,11H2,1-2H3. The van der Waals surface area contributed by atoms with Crippen LogP contribution < -0.4 is 5.73 Å². The molecule has 1 aromatic rings. The molecule has 0 radical (unpaired) electrons. The highest BCUT2D eigenvalue weighted by atomic mass is 16.5. The molecular weight excluding hydrogens is 178 g/mol. The van der Waals surface area contributed by atoms with Crippen molar-refractivity contribution >= 4 is 0 Å². The first kappa shape index (κ1) is 9.65. The van der Waals surface area contributed by atoms with Gasteiger partial charge in [0.2, 0.25) is 5.89 Å². The summed E-state index contributed by atoms with van der Waals surface area (Å²) >= 11 is 0. The molecule has 4 nitrogen and oxygen atoms in total. The minimum Gasteiger partial charge on any atom is -0.339 e. The molecule has 78 valence electrons. The number of nitrogens with two attached hydrogens (primary N) is 1. The van der Waals surface area contributed by atoms with Crippen molar-refractivity contribution in [3.63, 3.8) is 0 Å². The van der Waals surface area contributed by atoms with E-state index in [1.807, 2.05) is 6.92 Å². The van der Waals surface area contributed by atoms with Gasteiger partial charge in [-0.1, -0.05) is 5.16 Å². The van der Waals surface area contributed by atoms with E-state index in [0.29, 0.717) is 5.92 Å². The van der Waals surface area contributed by atoms with Crippen LogP contribution in [0.1, 0.15) is 50.2 Å². The highest BCUT2D eigenvalue weighted by Crippen LogP contribution is 2.35. The van der Waals surface area contributed by atoms with Gasteiger partial charge in [-0.15, -0.1) is 0 Å². The van der Waals surface area contributed by atoms with Crippen LogP contribution in [0.2, 0.25) is 0 Å². The third-order valence-electron chi connectivity index (χ3n) is 3.02. The molecule has 1 aromatic heterocycles. The number of hydrogen-bond acceptors (Lipinski definition) is 4. The second-order valence-electron chi connectivity index (χ2n) is 4.61. The molecule has 0 amide bonds. The molecule has 0 unspecified atom stereocenters. The van der Waals surface area contributed by atoms with Crippen molar-refractivity contribution in [3.8, 4) is 0 Å². The Kier molecular flexibility index (Phi) is 2.31. The molecular formula is C10H17N3O. The molecule has 1 fully saturated rings. The van der Waals surface area contributed by atoms with E-state index in [0.717, 1.165) is 37.4 Å². The number of nitrogens with zero attached hydrogens (tertiary/aromatic N) is 2. The Morgan fingerprint density at radius 1 is 1.43 bits per heavy atom. The highest BCUT2D eigenvalue weighted by molar-refractivity contribution is 4.98. The summed E-state index contributed by atoms with van der Waals surface area (Å²) in [4.78, 5) is 4.26. The average Bonchev–Trinajstić information content (AvgIpc) is 2.52. The van der Waals surface area contributed by atoms with Crippen LogP contribution in [0.3, 0.4) is 0 Å². The van der Waals surface area contributed by atoms with Crippen LogP contribution >= 0.6 is 0 Å². The summed E-state index contributed by atoms with van der Waals surface area (Å²) in [6.07, 6.45) is 4.21. The Bertz CT molecular complexity index is 309. The van der Waals surface area contributed by atoms with Crippen LogP contribution in [-0.4, -0.2) is 15.7 Å².